The molecule has 0 amide bonds. The summed E-state index contributed by atoms with van der Waals surface area (Å²) in [5.41, 5.74) is 3.06. The first-order valence-corrected chi connectivity index (χ1v) is 7.04. The van der Waals surface area contributed by atoms with Crippen LogP contribution in [-0.2, 0) is 5.41 Å². The van der Waals surface area contributed by atoms with Crippen molar-refractivity contribution < 1.29 is 9.84 Å². The second-order valence-corrected chi connectivity index (χ2v) is 6.30. The van der Waals surface area contributed by atoms with Gasteiger partial charge in [0.15, 0.2) is 0 Å². The van der Waals surface area contributed by atoms with Crippen molar-refractivity contribution in [2.45, 2.75) is 51.9 Å². The summed E-state index contributed by atoms with van der Waals surface area (Å²) in [5.74, 6) is 1.24. The Morgan fingerprint density at radius 1 is 1.16 bits per heavy atom. The Labute approximate surface area is 116 Å². The van der Waals surface area contributed by atoms with Gasteiger partial charge in [-0.25, -0.2) is 0 Å². The van der Waals surface area contributed by atoms with E-state index in [4.69, 9.17) is 4.74 Å². The van der Waals surface area contributed by atoms with E-state index in [0.717, 1.165) is 29.7 Å². The number of phenolic OH excluding ortho intramolecular Hbond substituents is 1. The molecule has 1 aliphatic carbocycles. The van der Waals surface area contributed by atoms with Gasteiger partial charge in [0.2, 0.25) is 0 Å². The first-order valence-electron chi connectivity index (χ1n) is 7.04. The number of rotatable bonds is 2. The van der Waals surface area contributed by atoms with Crippen LogP contribution in [0, 0.1) is 0 Å². The number of methoxy groups -OCH3 is 1. The summed E-state index contributed by atoms with van der Waals surface area (Å²) in [7, 11) is 1.68. The maximum atomic E-state index is 10.6. The lowest BCUT2D eigenvalue weighted by Gasteiger charge is -2.24. The third-order valence-electron chi connectivity index (χ3n) is 3.76. The maximum absolute atomic E-state index is 10.6. The number of benzene rings is 1. The van der Waals surface area contributed by atoms with Crippen molar-refractivity contribution in [1.82, 2.24) is 0 Å². The topological polar surface area (TPSA) is 29.5 Å². The van der Waals surface area contributed by atoms with Crippen LogP contribution < -0.4 is 4.74 Å². The fourth-order valence-electron chi connectivity index (χ4n) is 2.63. The molecule has 19 heavy (non-hydrogen) atoms. The standard InChI is InChI=1S/C17H24O2/c1-17(2,3)15-11-13(19-4)10-14(16(15)18)12-8-6-5-7-9-12/h8,10-11,18H,5-7,9H2,1-4H3. The smallest absolute Gasteiger partial charge is 0.127 e. The lowest BCUT2D eigenvalue weighted by atomic mass is 9.83. The number of hydrogen-bond donors (Lipinski definition) is 1. The van der Waals surface area contributed by atoms with Crippen LogP contribution in [0.4, 0.5) is 0 Å². The predicted molar refractivity (Wildman–Crippen MR) is 79.8 cm³/mol. The van der Waals surface area contributed by atoms with Crippen molar-refractivity contribution >= 4 is 5.57 Å². The molecule has 0 aliphatic heterocycles. The van der Waals surface area contributed by atoms with Crippen LogP contribution in [0.15, 0.2) is 18.2 Å². The predicted octanol–water partition coefficient (Wildman–Crippen LogP) is 4.66. The quantitative estimate of drug-likeness (QED) is 0.838. The zero-order chi connectivity index (χ0) is 14.0. The van der Waals surface area contributed by atoms with Crippen molar-refractivity contribution in [3.63, 3.8) is 0 Å². The Balaban J connectivity index is 2.57. The number of allylic oxidation sites excluding steroid dienone is 2. The maximum Gasteiger partial charge on any atom is 0.127 e. The molecule has 104 valence electrons. The molecule has 1 aliphatic rings. The van der Waals surface area contributed by atoms with E-state index in [1.54, 1.807) is 7.11 Å². The van der Waals surface area contributed by atoms with E-state index in [0.29, 0.717) is 5.75 Å². The van der Waals surface area contributed by atoms with Crippen LogP contribution in [0.25, 0.3) is 5.57 Å². The summed E-state index contributed by atoms with van der Waals surface area (Å²) in [6.45, 7) is 6.33. The van der Waals surface area contributed by atoms with Crippen molar-refractivity contribution in [2.24, 2.45) is 0 Å². The van der Waals surface area contributed by atoms with Crippen LogP contribution in [0.3, 0.4) is 0 Å². The van der Waals surface area contributed by atoms with Gasteiger partial charge in [0, 0.05) is 11.1 Å². The van der Waals surface area contributed by atoms with Crippen molar-refractivity contribution in [3.05, 3.63) is 29.3 Å². The Bertz CT molecular complexity index is 493. The first-order chi connectivity index (χ1) is 8.93. The molecule has 0 bridgehead atoms. The highest BCUT2D eigenvalue weighted by Crippen LogP contribution is 2.41. The number of phenols is 1. The SMILES string of the molecule is COc1cc(C2=CCCCC2)c(O)c(C(C)(C)C)c1. The molecule has 1 aromatic carbocycles. The molecule has 0 radical (unpaired) electrons. The van der Waals surface area contributed by atoms with Gasteiger partial charge in [0.25, 0.3) is 0 Å². The van der Waals surface area contributed by atoms with Gasteiger partial charge in [0.05, 0.1) is 7.11 Å². The minimum atomic E-state index is -0.0946. The van der Waals surface area contributed by atoms with Gasteiger partial charge < -0.3 is 9.84 Å². The van der Waals surface area contributed by atoms with Crippen LogP contribution in [-0.4, -0.2) is 12.2 Å². The highest BCUT2D eigenvalue weighted by atomic mass is 16.5. The van der Waals surface area contributed by atoms with Gasteiger partial charge in [-0.15, -0.1) is 0 Å². The third kappa shape index (κ3) is 2.94. The van der Waals surface area contributed by atoms with Crippen molar-refractivity contribution in [2.75, 3.05) is 7.11 Å². The summed E-state index contributed by atoms with van der Waals surface area (Å²) in [4.78, 5) is 0. The average Bonchev–Trinajstić information content (AvgIpc) is 2.38. The first kappa shape index (κ1) is 14.0. The minimum absolute atomic E-state index is 0.0946. The molecule has 0 saturated heterocycles. The van der Waals surface area contributed by atoms with E-state index in [9.17, 15) is 5.11 Å². The van der Waals surface area contributed by atoms with Crippen LogP contribution >= 0.6 is 0 Å². The molecule has 0 aromatic heterocycles. The normalized spacial score (nSPS) is 16.1. The molecule has 1 N–H and O–H groups in total. The van der Waals surface area contributed by atoms with E-state index >= 15 is 0 Å². The average molecular weight is 260 g/mol. The number of hydrogen-bond acceptors (Lipinski definition) is 2. The summed E-state index contributed by atoms with van der Waals surface area (Å²) < 4.78 is 5.40. The molecule has 0 fully saturated rings. The van der Waals surface area contributed by atoms with Gasteiger partial charge in [0.1, 0.15) is 11.5 Å². The largest absolute Gasteiger partial charge is 0.507 e. The summed E-state index contributed by atoms with van der Waals surface area (Å²) in [6, 6.07) is 3.91. The van der Waals surface area contributed by atoms with Gasteiger partial charge in [-0.05, 0) is 48.8 Å². The Hall–Kier alpha value is -1.44. The monoisotopic (exact) mass is 260 g/mol. The number of aromatic hydroxyl groups is 1. The minimum Gasteiger partial charge on any atom is -0.507 e. The van der Waals surface area contributed by atoms with Gasteiger partial charge in [-0.2, -0.15) is 0 Å². The molecule has 0 heterocycles. The molecular formula is C17H24O2. The van der Waals surface area contributed by atoms with Crippen molar-refractivity contribution in [3.8, 4) is 11.5 Å². The van der Waals surface area contributed by atoms with E-state index in [1.165, 1.54) is 18.4 Å². The van der Waals surface area contributed by atoms with Gasteiger partial charge in [-0.1, -0.05) is 26.8 Å². The lowest BCUT2D eigenvalue weighted by Crippen LogP contribution is -2.12. The van der Waals surface area contributed by atoms with Gasteiger partial charge >= 0.3 is 0 Å². The van der Waals surface area contributed by atoms with Crippen LogP contribution in [0.2, 0.25) is 0 Å². The van der Waals surface area contributed by atoms with Crippen LogP contribution in [0.5, 0.6) is 11.5 Å². The van der Waals surface area contributed by atoms with E-state index < -0.39 is 0 Å². The molecule has 1 aromatic rings. The second kappa shape index (κ2) is 5.28. The molecule has 0 saturated carbocycles. The second-order valence-electron chi connectivity index (χ2n) is 6.30. The fourth-order valence-corrected chi connectivity index (χ4v) is 2.63. The summed E-state index contributed by atoms with van der Waals surface area (Å²) in [5, 5.41) is 10.6. The Morgan fingerprint density at radius 3 is 2.42 bits per heavy atom. The van der Waals surface area contributed by atoms with E-state index in [1.807, 2.05) is 12.1 Å². The van der Waals surface area contributed by atoms with E-state index in [-0.39, 0.29) is 5.41 Å². The zero-order valence-electron chi connectivity index (χ0n) is 12.4. The van der Waals surface area contributed by atoms with Gasteiger partial charge in [-0.3, -0.25) is 0 Å². The highest BCUT2D eigenvalue weighted by molar-refractivity contribution is 5.74. The van der Waals surface area contributed by atoms with Crippen molar-refractivity contribution in [1.29, 1.82) is 0 Å². The Kier molecular flexibility index (Phi) is 3.88. The highest BCUT2D eigenvalue weighted by Gasteiger charge is 2.23. The van der Waals surface area contributed by atoms with Crippen LogP contribution in [0.1, 0.15) is 57.6 Å². The Morgan fingerprint density at radius 2 is 1.89 bits per heavy atom. The molecule has 0 atom stereocenters. The molecule has 2 nitrogen and oxygen atoms in total. The number of ether oxygens (including phenoxy) is 1. The molecule has 2 heteroatoms. The van der Waals surface area contributed by atoms with E-state index in [2.05, 4.69) is 26.8 Å². The lowest BCUT2D eigenvalue weighted by molar-refractivity contribution is 0.405. The molecule has 0 spiro atoms. The fraction of sp³-hybridized carbons (Fsp3) is 0.529. The molecule has 2 rings (SSSR count). The zero-order valence-corrected chi connectivity index (χ0v) is 12.4. The third-order valence-corrected chi connectivity index (χ3v) is 3.76. The molecule has 0 unspecified atom stereocenters. The molecular weight excluding hydrogens is 236 g/mol. The summed E-state index contributed by atoms with van der Waals surface area (Å²) >= 11 is 0. The summed E-state index contributed by atoms with van der Waals surface area (Å²) in [6.07, 6.45) is 6.86.